The summed E-state index contributed by atoms with van der Waals surface area (Å²) in [6.07, 6.45) is -0.106. The van der Waals surface area contributed by atoms with Crippen LogP contribution >= 0.6 is 11.8 Å². The number of H-pyrrole nitrogens is 1. The average Bonchev–Trinajstić information content (AvgIpc) is 2.73. The standard InChI is InChI=1S/C23H22N4O3S/c1-13-6-8-16(9-7-13)24-21(29)17-11-18(28)25-20-19(17)22(30)27-23(26-20)31-12-15-5-3-4-14(2)10-15/h3-10,17H,11-12H2,1-2H3,(H,24,29)(H2,25,26,27,28,30)/t17-/m0/s1. The molecule has 158 valence electrons. The second-order valence-electron chi connectivity index (χ2n) is 7.57. The van der Waals surface area contributed by atoms with E-state index in [-0.39, 0.29) is 23.7 Å². The molecule has 0 unspecified atom stereocenters. The van der Waals surface area contributed by atoms with Crippen LogP contribution in [0.3, 0.4) is 0 Å². The number of fused-ring (bicyclic) bond motifs is 1. The van der Waals surface area contributed by atoms with Gasteiger partial charge in [-0.3, -0.25) is 14.4 Å². The molecule has 3 N–H and O–H groups in total. The second kappa shape index (κ2) is 8.77. The van der Waals surface area contributed by atoms with Crippen molar-refractivity contribution in [3.8, 4) is 0 Å². The monoisotopic (exact) mass is 434 g/mol. The third-order valence-electron chi connectivity index (χ3n) is 5.02. The summed E-state index contributed by atoms with van der Waals surface area (Å²) in [7, 11) is 0. The van der Waals surface area contributed by atoms with Gasteiger partial charge in [0.2, 0.25) is 11.8 Å². The van der Waals surface area contributed by atoms with Gasteiger partial charge >= 0.3 is 0 Å². The van der Waals surface area contributed by atoms with Gasteiger partial charge in [0.05, 0.1) is 11.5 Å². The molecule has 0 spiro atoms. The highest BCUT2D eigenvalue weighted by Crippen LogP contribution is 2.31. The summed E-state index contributed by atoms with van der Waals surface area (Å²) >= 11 is 1.37. The van der Waals surface area contributed by atoms with E-state index in [2.05, 4.69) is 26.7 Å². The predicted octanol–water partition coefficient (Wildman–Crippen LogP) is 3.74. The fourth-order valence-corrected chi connectivity index (χ4v) is 4.27. The SMILES string of the molecule is Cc1ccc(NC(=O)[C@H]2CC(=O)Nc3nc(SCc4cccc(C)c4)[nH]c(=O)c32)cc1. The number of carbonyl (C=O) groups is 2. The van der Waals surface area contributed by atoms with E-state index in [1.165, 1.54) is 11.8 Å². The molecule has 0 saturated carbocycles. The molecule has 0 radical (unpaired) electrons. The van der Waals surface area contributed by atoms with Crippen molar-refractivity contribution in [2.75, 3.05) is 10.6 Å². The minimum absolute atomic E-state index is 0.106. The van der Waals surface area contributed by atoms with Crippen LogP contribution in [0, 0.1) is 13.8 Å². The van der Waals surface area contributed by atoms with E-state index in [1.54, 1.807) is 12.1 Å². The molecule has 0 aliphatic carbocycles. The van der Waals surface area contributed by atoms with Crippen LogP contribution in [0.2, 0.25) is 0 Å². The van der Waals surface area contributed by atoms with Crippen LogP contribution in [0.25, 0.3) is 0 Å². The number of hydrogen-bond donors (Lipinski definition) is 3. The Balaban J connectivity index is 1.57. The van der Waals surface area contributed by atoms with E-state index in [0.717, 1.165) is 16.7 Å². The maximum absolute atomic E-state index is 12.9. The summed E-state index contributed by atoms with van der Waals surface area (Å²) in [4.78, 5) is 45.1. The van der Waals surface area contributed by atoms with Crippen molar-refractivity contribution in [1.82, 2.24) is 9.97 Å². The molecule has 0 saturated heterocycles. The summed E-state index contributed by atoms with van der Waals surface area (Å²) in [5.41, 5.74) is 3.70. The largest absolute Gasteiger partial charge is 0.326 e. The normalized spacial score (nSPS) is 15.2. The van der Waals surface area contributed by atoms with Crippen LogP contribution < -0.4 is 16.2 Å². The molecule has 8 heteroatoms. The first-order valence-corrected chi connectivity index (χ1v) is 10.9. The van der Waals surface area contributed by atoms with Crippen molar-refractivity contribution >= 4 is 35.1 Å². The number of hydrogen-bond acceptors (Lipinski definition) is 5. The molecule has 4 rings (SSSR count). The maximum atomic E-state index is 12.9. The first-order chi connectivity index (χ1) is 14.9. The Morgan fingerprint density at radius 1 is 1.13 bits per heavy atom. The van der Waals surface area contributed by atoms with Gasteiger partial charge in [0.15, 0.2) is 5.16 Å². The minimum atomic E-state index is -0.905. The second-order valence-corrected chi connectivity index (χ2v) is 8.54. The van der Waals surface area contributed by atoms with Gasteiger partial charge < -0.3 is 15.6 Å². The van der Waals surface area contributed by atoms with Crippen molar-refractivity contribution < 1.29 is 9.59 Å². The van der Waals surface area contributed by atoms with Gasteiger partial charge in [0.1, 0.15) is 5.82 Å². The molecule has 0 bridgehead atoms. The van der Waals surface area contributed by atoms with Crippen LogP contribution in [-0.4, -0.2) is 21.8 Å². The van der Waals surface area contributed by atoms with E-state index in [1.807, 2.05) is 44.2 Å². The van der Waals surface area contributed by atoms with E-state index in [4.69, 9.17) is 0 Å². The van der Waals surface area contributed by atoms with E-state index in [9.17, 15) is 14.4 Å². The Morgan fingerprint density at radius 3 is 2.65 bits per heavy atom. The Bertz CT molecular complexity index is 1200. The number of nitrogens with one attached hydrogen (secondary N) is 3. The molecular weight excluding hydrogens is 412 g/mol. The van der Waals surface area contributed by atoms with Gasteiger partial charge in [-0.2, -0.15) is 0 Å². The fraction of sp³-hybridized carbons (Fsp3) is 0.217. The zero-order chi connectivity index (χ0) is 22.0. The molecule has 2 aromatic carbocycles. The Labute approximate surface area is 183 Å². The highest BCUT2D eigenvalue weighted by Gasteiger charge is 2.34. The van der Waals surface area contributed by atoms with Crippen molar-refractivity contribution in [3.05, 3.63) is 81.1 Å². The molecule has 31 heavy (non-hydrogen) atoms. The predicted molar refractivity (Wildman–Crippen MR) is 121 cm³/mol. The summed E-state index contributed by atoms with van der Waals surface area (Å²) in [5, 5.41) is 5.82. The first-order valence-electron chi connectivity index (χ1n) is 9.89. The Morgan fingerprint density at radius 2 is 1.90 bits per heavy atom. The lowest BCUT2D eigenvalue weighted by molar-refractivity contribution is -0.123. The lowest BCUT2D eigenvalue weighted by Crippen LogP contribution is -2.36. The Hall–Kier alpha value is -3.39. The number of anilines is 2. The smallest absolute Gasteiger partial charge is 0.257 e. The summed E-state index contributed by atoms with van der Waals surface area (Å²) in [5.74, 6) is -0.890. The van der Waals surface area contributed by atoms with Gasteiger partial charge in [0.25, 0.3) is 5.56 Å². The van der Waals surface area contributed by atoms with Crippen molar-refractivity contribution in [2.24, 2.45) is 0 Å². The third-order valence-corrected chi connectivity index (χ3v) is 5.97. The Kier molecular flexibility index (Phi) is 5.90. The molecule has 1 aromatic heterocycles. The number of amides is 2. The minimum Gasteiger partial charge on any atom is -0.326 e. The number of nitrogens with zero attached hydrogens (tertiary/aromatic N) is 1. The number of aromatic nitrogens is 2. The molecular formula is C23H22N4O3S. The number of thioether (sulfide) groups is 1. The molecule has 1 atom stereocenters. The van der Waals surface area contributed by atoms with Gasteiger partial charge in [-0.25, -0.2) is 4.98 Å². The van der Waals surface area contributed by atoms with Crippen LogP contribution in [0.1, 0.15) is 34.6 Å². The zero-order valence-corrected chi connectivity index (χ0v) is 18.0. The molecule has 0 fully saturated rings. The highest BCUT2D eigenvalue weighted by atomic mass is 32.2. The molecule has 2 amide bonds. The van der Waals surface area contributed by atoms with Crippen molar-refractivity contribution in [2.45, 2.75) is 37.1 Å². The first kappa shape index (κ1) is 20.9. The summed E-state index contributed by atoms with van der Waals surface area (Å²) < 4.78 is 0. The number of rotatable bonds is 5. The fourth-order valence-electron chi connectivity index (χ4n) is 3.46. The van der Waals surface area contributed by atoms with Crippen molar-refractivity contribution in [1.29, 1.82) is 0 Å². The number of carbonyl (C=O) groups excluding carboxylic acids is 2. The van der Waals surface area contributed by atoms with Crippen LogP contribution in [0.5, 0.6) is 0 Å². The zero-order valence-electron chi connectivity index (χ0n) is 17.2. The maximum Gasteiger partial charge on any atom is 0.257 e. The molecule has 1 aliphatic rings. The van der Waals surface area contributed by atoms with Crippen LogP contribution in [0.4, 0.5) is 11.5 Å². The van der Waals surface area contributed by atoms with E-state index in [0.29, 0.717) is 16.6 Å². The molecule has 7 nitrogen and oxygen atoms in total. The number of benzene rings is 2. The lowest BCUT2D eigenvalue weighted by atomic mass is 9.92. The van der Waals surface area contributed by atoms with E-state index < -0.39 is 17.4 Å². The average molecular weight is 435 g/mol. The summed E-state index contributed by atoms with van der Waals surface area (Å²) in [6, 6.07) is 15.4. The number of aromatic amines is 1. The van der Waals surface area contributed by atoms with Gasteiger partial charge in [-0.15, -0.1) is 0 Å². The third kappa shape index (κ3) is 4.86. The summed E-state index contributed by atoms with van der Waals surface area (Å²) in [6.45, 7) is 3.97. The topological polar surface area (TPSA) is 104 Å². The quantitative estimate of drug-likeness (QED) is 0.419. The lowest BCUT2D eigenvalue weighted by Gasteiger charge is -2.23. The van der Waals surface area contributed by atoms with Crippen molar-refractivity contribution in [3.63, 3.8) is 0 Å². The molecule has 2 heterocycles. The van der Waals surface area contributed by atoms with E-state index >= 15 is 0 Å². The van der Waals surface area contributed by atoms with Gasteiger partial charge in [-0.1, -0.05) is 59.3 Å². The number of aryl methyl sites for hydroxylation is 2. The molecule has 1 aliphatic heterocycles. The van der Waals surface area contributed by atoms with Crippen LogP contribution in [-0.2, 0) is 15.3 Å². The highest BCUT2D eigenvalue weighted by molar-refractivity contribution is 7.98. The van der Waals surface area contributed by atoms with Gasteiger partial charge in [0, 0.05) is 17.9 Å². The molecule has 3 aromatic rings. The van der Waals surface area contributed by atoms with Gasteiger partial charge in [-0.05, 0) is 31.5 Å². The van der Waals surface area contributed by atoms with Crippen LogP contribution in [0.15, 0.2) is 58.5 Å².